The Balaban J connectivity index is 3.15. The molecule has 1 aliphatic heterocycles. The number of carboxylic acids is 1. The lowest BCUT2D eigenvalue weighted by molar-refractivity contribution is -0.142. The highest BCUT2D eigenvalue weighted by molar-refractivity contribution is 5.91. The molecule has 0 saturated carbocycles. The summed E-state index contributed by atoms with van der Waals surface area (Å²) in [5.41, 5.74) is -0.299. The molecule has 1 fully saturated rings. The van der Waals surface area contributed by atoms with Crippen LogP contribution in [0.3, 0.4) is 0 Å². The lowest BCUT2D eigenvalue weighted by atomic mass is 9.84. The van der Waals surface area contributed by atoms with Crippen LogP contribution in [-0.2, 0) is 14.4 Å². The molecular weight excluding hydrogens is 382 g/mol. The second kappa shape index (κ2) is 10.4. The Bertz CT molecular complexity index is 656. The van der Waals surface area contributed by atoms with E-state index in [4.69, 9.17) is 0 Å². The van der Waals surface area contributed by atoms with Crippen LogP contribution in [0.15, 0.2) is 11.6 Å². The summed E-state index contributed by atoms with van der Waals surface area (Å²) in [6, 6.07) is -1.35. The van der Waals surface area contributed by atoms with E-state index in [1.54, 1.807) is 18.0 Å². The molecule has 172 valence electrons. The van der Waals surface area contributed by atoms with Crippen molar-refractivity contribution in [3.63, 3.8) is 0 Å². The minimum atomic E-state index is -1.00. The van der Waals surface area contributed by atoms with Gasteiger partial charge in [0, 0.05) is 12.6 Å². The van der Waals surface area contributed by atoms with Gasteiger partial charge < -0.3 is 15.3 Å². The zero-order valence-corrected chi connectivity index (χ0v) is 20.2. The smallest absolute Gasteiger partial charge is 0.331 e. The number of nitrogens with one attached hydrogen (secondary N) is 1. The van der Waals surface area contributed by atoms with Crippen molar-refractivity contribution in [3.05, 3.63) is 11.6 Å². The van der Waals surface area contributed by atoms with Gasteiger partial charge in [-0.2, -0.15) is 0 Å². The number of nitrogens with zero attached hydrogens (tertiary/aromatic N) is 2. The van der Waals surface area contributed by atoms with E-state index < -0.39 is 17.4 Å². The lowest BCUT2D eigenvalue weighted by Crippen LogP contribution is -2.60. The monoisotopic (exact) mass is 423 g/mol. The zero-order chi connectivity index (χ0) is 23.4. The van der Waals surface area contributed by atoms with E-state index in [1.165, 1.54) is 6.92 Å². The molecule has 1 heterocycles. The number of hydrogen-bond acceptors (Lipinski definition) is 4. The topological polar surface area (TPSA) is 90.0 Å². The number of likely N-dealkylation sites (tertiary alicyclic amines) is 1. The fourth-order valence-electron chi connectivity index (χ4n) is 4.16. The highest BCUT2D eigenvalue weighted by Gasteiger charge is 2.40. The van der Waals surface area contributed by atoms with Crippen LogP contribution in [0.4, 0.5) is 0 Å². The number of carboxylic acid groups (broad SMARTS) is 1. The van der Waals surface area contributed by atoms with Crippen molar-refractivity contribution in [3.8, 4) is 0 Å². The molecule has 1 aliphatic rings. The van der Waals surface area contributed by atoms with Gasteiger partial charge in [-0.05, 0) is 50.6 Å². The molecule has 1 saturated heterocycles. The molecule has 2 unspecified atom stereocenters. The van der Waals surface area contributed by atoms with Crippen LogP contribution in [0, 0.1) is 17.3 Å². The molecule has 0 aromatic carbocycles. The van der Waals surface area contributed by atoms with Crippen molar-refractivity contribution in [2.45, 2.75) is 79.4 Å². The molecule has 7 heteroatoms. The first-order chi connectivity index (χ1) is 13.7. The van der Waals surface area contributed by atoms with Gasteiger partial charge in [-0.25, -0.2) is 4.79 Å². The van der Waals surface area contributed by atoms with Crippen LogP contribution in [0.25, 0.3) is 0 Å². The molecule has 30 heavy (non-hydrogen) atoms. The standard InChI is InChI=1S/C23H41N3O4/c1-14(2)17(13-16(4)22(29)30)26(9)21(28)19(23(5,6)7)24-20(27)18-15(3)11-10-12-25(18)8/h13-15,17-19H,10-12H2,1-9H3,(H,24,27)(H,29,30)/b16-13+/t15?,17-,18?,19-/m1/s1. The summed E-state index contributed by atoms with van der Waals surface area (Å²) in [7, 11) is 3.63. The highest BCUT2D eigenvalue weighted by Crippen LogP contribution is 2.26. The summed E-state index contributed by atoms with van der Waals surface area (Å²) in [6.07, 6.45) is 3.67. The highest BCUT2D eigenvalue weighted by atomic mass is 16.4. The maximum Gasteiger partial charge on any atom is 0.331 e. The van der Waals surface area contributed by atoms with Crippen molar-refractivity contribution < 1.29 is 19.5 Å². The SMILES string of the molecule is C/C(=C\[C@H](C(C)C)N(C)C(=O)[C@@H](NC(=O)C1C(C)CCCN1C)C(C)(C)C)C(=O)O. The Morgan fingerprint density at radius 3 is 2.23 bits per heavy atom. The van der Waals surface area contributed by atoms with Crippen molar-refractivity contribution in [2.75, 3.05) is 20.6 Å². The largest absolute Gasteiger partial charge is 0.478 e. The second-order valence-electron chi connectivity index (χ2n) is 10.2. The van der Waals surface area contributed by atoms with Crippen molar-refractivity contribution in [1.29, 1.82) is 0 Å². The number of amides is 2. The predicted molar refractivity (Wildman–Crippen MR) is 119 cm³/mol. The summed E-state index contributed by atoms with van der Waals surface area (Å²) in [5.74, 6) is -1.09. The Labute approximate surface area is 181 Å². The Hall–Kier alpha value is -1.89. The summed E-state index contributed by atoms with van der Waals surface area (Å²) >= 11 is 0. The van der Waals surface area contributed by atoms with Gasteiger partial charge >= 0.3 is 5.97 Å². The fourth-order valence-corrected chi connectivity index (χ4v) is 4.16. The van der Waals surface area contributed by atoms with Crippen LogP contribution in [0.1, 0.15) is 61.3 Å². The third-order valence-corrected chi connectivity index (χ3v) is 6.09. The van der Waals surface area contributed by atoms with Crippen LogP contribution >= 0.6 is 0 Å². The fraction of sp³-hybridized carbons (Fsp3) is 0.783. The molecule has 2 N–H and O–H groups in total. The first-order valence-corrected chi connectivity index (χ1v) is 10.9. The first kappa shape index (κ1) is 26.1. The third-order valence-electron chi connectivity index (χ3n) is 6.09. The summed E-state index contributed by atoms with van der Waals surface area (Å²) in [6.45, 7) is 14.2. The minimum absolute atomic E-state index is 0.0223. The van der Waals surface area contributed by atoms with Gasteiger partial charge in [-0.3, -0.25) is 14.5 Å². The Morgan fingerprint density at radius 1 is 1.23 bits per heavy atom. The first-order valence-electron chi connectivity index (χ1n) is 10.9. The molecule has 2 amide bonds. The molecule has 0 aromatic rings. The number of carbonyl (C=O) groups excluding carboxylic acids is 2. The average molecular weight is 424 g/mol. The summed E-state index contributed by atoms with van der Waals surface area (Å²) in [4.78, 5) is 41.6. The number of hydrogen-bond donors (Lipinski definition) is 2. The molecular formula is C23H41N3O4. The normalized spacial score (nSPS) is 23.1. The average Bonchev–Trinajstić information content (AvgIpc) is 2.61. The van der Waals surface area contributed by atoms with Crippen molar-refractivity contribution >= 4 is 17.8 Å². The van der Waals surface area contributed by atoms with Gasteiger partial charge in [0.05, 0.1) is 12.1 Å². The summed E-state index contributed by atoms with van der Waals surface area (Å²) in [5, 5.41) is 12.3. The molecule has 1 rings (SSSR count). The van der Waals surface area contributed by atoms with Gasteiger partial charge in [0.1, 0.15) is 6.04 Å². The molecule has 7 nitrogen and oxygen atoms in total. The van der Waals surface area contributed by atoms with Gasteiger partial charge in [0.2, 0.25) is 11.8 Å². The number of rotatable bonds is 7. The molecule has 0 aliphatic carbocycles. The van der Waals surface area contributed by atoms with Crippen LogP contribution in [0.2, 0.25) is 0 Å². The lowest BCUT2D eigenvalue weighted by Gasteiger charge is -2.40. The zero-order valence-electron chi connectivity index (χ0n) is 20.2. The van der Waals surface area contributed by atoms with Gasteiger partial charge in [0.25, 0.3) is 0 Å². The number of likely N-dealkylation sites (N-methyl/N-ethyl adjacent to an activating group) is 2. The van der Waals surface area contributed by atoms with Crippen molar-refractivity contribution in [1.82, 2.24) is 15.1 Å². The van der Waals surface area contributed by atoms with Crippen molar-refractivity contribution in [2.24, 2.45) is 17.3 Å². The molecule has 0 aromatic heterocycles. The maximum atomic E-state index is 13.5. The number of aliphatic carboxylic acids is 1. The third kappa shape index (κ3) is 6.56. The van der Waals surface area contributed by atoms with E-state index >= 15 is 0 Å². The Kier molecular flexibility index (Phi) is 9.08. The maximum absolute atomic E-state index is 13.5. The van der Waals surface area contributed by atoms with Gasteiger partial charge in [-0.1, -0.05) is 47.6 Å². The van der Waals surface area contributed by atoms with E-state index in [-0.39, 0.29) is 41.3 Å². The van der Waals surface area contributed by atoms with Gasteiger partial charge in [-0.15, -0.1) is 0 Å². The number of carbonyl (C=O) groups is 3. The van der Waals surface area contributed by atoms with Crippen LogP contribution in [0.5, 0.6) is 0 Å². The predicted octanol–water partition coefficient (Wildman–Crippen LogP) is 2.76. The van der Waals surface area contributed by atoms with E-state index in [2.05, 4.69) is 17.1 Å². The van der Waals surface area contributed by atoms with E-state index in [0.29, 0.717) is 0 Å². The van der Waals surface area contributed by atoms with E-state index in [0.717, 1.165) is 19.4 Å². The Morgan fingerprint density at radius 2 is 1.80 bits per heavy atom. The van der Waals surface area contributed by atoms with E-state index in [1.807, 2.05) is 41.7 Å². The van der Waals surface area contributed by atoms with Gasteiger partial charge in [0.15, 0.2) is 0 Å². The molecule has 0 spiro atoms. The minimum Gasteiger partial charge on any atom is -0.478 e. The van der Waals surface area contributed by atoms with Crippen LogP contribution in [-0.4, -0.2) is 71.5 Å². The van der Waals surface area contributed by atoms with E-state index in [9.17, 15) is 19.5 Å². The molecule has 0 bridgehead atoms. The quantitative estimate of drug-likeness (QED) is 0.615. The van der Waals surface area contributed by atoms with Crippen LogP contribution < -0.4 is 5.32 Å². The molecule has 4 atom stereocenters. The second-order valence-corrected chi connectivity index (χ2v) is 10.2. The summed E-state index contributed by atoms with van der Waals surface area (Å²) < 4.78 is 0. The number of piperidine rings is 1. The molecule has 0 radical (unpaired) electrons.